The second-order valence-electron chi connectivity index (χ2n) is 7.77. The van der Waals surface area contributed by atoms with E-state index in [-0.39, 0.29) is 11.8 Å². The average molecular weight is 369 g/mol. The maximum atomic E-state index is 12.9. The van der Waals surface area contributed by atoms with Crippen molar-refractivity contribution < 1.29 is 14.3 Å². The van der Waals surface area contributed by atoms with E-state index >= 15 is 0 Å². The highest BCUT2D eigenvalue weighted by Crippen LogP contribution is 2.33. The third-order valence-corrected chi connectivity index (χ3v) is 5.95. The number of hydrogen-bond donors (Lipinski definition) is 1. The molecule has 1 N–H and O–H groups in total. The molecule has 1 fully saturated rings. The third kappa shape index (κ3) is 3.70. The molecule has 1 aromatic rings. The monoisotopic (exact) mass is 369 g/mol. The van der Waals surface area contributed by atoms with Crippen LogP contribution in [0.15, 0.2) is 18.2 Å². The number of methoxy groups -OCH3 is 1. The molecule has 0 aromatic carbocycles. The van der Waals surface area contributed by atoms with Gasteiger partial charge in [-0.1, -0.05) is 25.0 Å². The average Bonchev–Trinajstić information content (AvgIpc) is 3.41. The first-order valence-electron chi connectivity index (χ1n) is 9.97. The van der Waals surface area contributed by atoms with Crippen LogP contribution >= 0.6 is 0 Å². The maximum Gasteiger partial charge on any atom is 0.256 e. The zero-order chi connectivity index (χ0) is 18.8. The van der Waals surface area contributed by atoms with Gasteiger partial charge in [0.15, 0.2) is 0 Å². The van der Waals surface area contributed by atoms with Crippen molar-refractivity contribution in [2.24, 2.45) is 5.92 Å². The molecule has 0 radical (unpaired) electrons. The van der Waals surface area contributed by atoms with Gasteiger partial charge in [0.2, 0.25) is 11.8 Å². The van der Waals surface area contributed by atoms with Crippen molar-refractivity contribution in [3.05, 3.63) is 35.0 Å². The zero-order valence-electron chi connectivity index (χ0n) is 15.9. The zero-order valence-corrected chi connectivity index (χ0v) is 15.9. The SMILES string of the molecule is COc1nc2c(cc1CNC(=O)C[C@@H]1C=CCC1)C(=O)N(C1CCCC1)C2. The number of hydrogen-bond acceptors (Lipinski definition) is 4. The normalized spacial score (nSPS) is 21.7. The van der Waals surface area contributed by atoms with Crippen molar-refractivity contribution in [2.75, 3.05) is 7.11 Å². The third-order valence-electron chi connectivity index (χ3n) is 5.95. The van der Waals surface area contributed by atoms with E-state index in [9.17, 15) is 9.59 Å². The Kier molecular flexibility index (Phi) is 5.14. The Morgan fingerprint density at radius 2 is 2.15 bits per heavy atom. The van der Waals surface area contributed by atoms with E-state index in [2.05, 4.69) is 22.5 Å². The molecule has 0 saturated heterocycles. The van der Waals surface area contributed by atoms with Gasteiger partial charge in [0, 0.05) is 24.6 Å². The predicted molar refractivity (Wildman–Crippen MR) is 101 cm³/mol. The number of carbonyl (C=O) groups excluding carboxylic acids is 2. The number of ether oxygens (including phenoxy) is 1. The van der Waals surface area contributed by atoms with E-state index in [0.29, 0.717) is 42.9 Å². The highest BCUT2D eigenvalue weighted by Gasteiger charge is 2.35. The second-order valence-corrected chi connectivity index (χ2v) is 7.77. The van der Waals surface area contributed by atoms with Gasteiger partial charge in [0.05, 0.1) is 24.9 Å². The van der Waals surface area contributed by atoms with Gasteiger partial charge >= 0.3 is 0 Å². The van der Waals surface area contributed by atoms with Crippen molar-refractivity contribution in [1.29, 1.82) is 0 Å². The summed E-state index contributed by atoms with van der Waals surface area (Å²) >= 11 is 0. The van der Waals surface area contributed by atoms with Crippen LogP contribution in [0.1, 0.15) is 66.6 Å². The number of allylic oxidation sites excluding steroid dienone is 2. The molecule has 3 aliphatic rings. The molecule has 4 rings (SSSR count). The molecule has 1 aliphatic heterocycles. The van der Waals surface area contributed by atoms with Crippen molar-refractivity contribution in [3.63, 3.8) is 0 Å². The van der Waals surface area contributed by atoms with Crippen LogP contribution in [-0.2, 0) is 17.9 Å². The molecule has 0 unspecified atom stereocenters. The Labute approximate surface area is 160 Å². The van der Waals surface area contributed by atoms with Gasteiger partial charge in [0.25, 0.3) is 5.91 Å². The molecular weight excluding hydrogens is 342 g/mol. The van der Waals surface area contributed by atoms with Crippen molar-refractivity contribution in [2.45, 2.75) is 64.1 Å². The van der Waals surface area contributed by atoms with Gasteiger partial charge in [-0.05, 0) is 37.7 Å². The first-order chi connectivity index (χ1) is 13.2. The van der Waals surface area contributed by atoms with Crippen LogP contribution in [-0.4, -0.2) is 34.8 Å². The minimum Gasteiger partial charge on any atom is -0.481 e. The molecule has 6 heteroatoms. The van der Waals surface area contributed by atoms with Crippen LogP contribution in [0.3, 0.4) is 0 Å². The second kappa shape index (κ2) is 7.71. The molecule has 27 heavy (non-hydrogen) atoms. The highest BCUT2D eigenvalue weighted by molar-refractivity contribution is 5.98. The van der Waals surface area contributed by atoms with Crippen LogP contribution < -0.4 is 10.1 Å². The fourth-order valence-electron chi connectivity index (χ4n) is 4.45. The Hall–Kier alpha value is -2.37. The van der Waals surface area contributed by atoms with E-state index in [1.165, 1.54) is 12.8 Å². The van der Waals surface area contributed by atoms with Gasteiger partial charge in [-0.15, -0.1) is 0 Å². The van der Waals surface area contributed by atoms with Crippen molar-refractivity contribution in [3.8, 4) is 5.88 Å². The largest absolute Gasteiger partial charge is 0.481 e. The number of amides is 2. The fourth-order valence-corrected chi connectivity index (χ4v) is 4.45. The molecule has 6 nitrogen and oxygen atoms in total. The van der Waals surface area contributed by atoms with Gasteiger partial charge in [0.1, 0.15) is 0 Å². The Bertz CT molecular complexity index is 768. The number of pyridine rings is 1. The molecule has 0 spiro atoms. The number of nitrogens with zero attached hydrogens (tertiary/aromatic N) is 2. The Morgan fingerprint density at radius 1 is 1.33 bits per heavy atom. The number of carbonyl (C=O) groups is 2. The Morgan fingerprint density at radius 3 is 2.85 bits per heavy atom. The predicted octanol–water partition coefficient (Wildman–Crippen LogP) is 2.96. The van der Waals surface area contributed by atoms with E-state index < -0.39 is 0 Å². The lowest BCUT2D eigenvalue weighted by Crippen LogP contribution is -2.33. The number of fused-ring (bicyclic) bond motifs is 1. The van der Waals surface area contributed by atoms with Gasteiger partial charge < -0.3 is 15.0 Å². The topological polar surface area (TPSA) is 71.5 Å². The molecule has 144 valence electrons. The maximum absolute atomic E-state index is 12.9. The summed E-state index contributed by atoms with van der Waals surface area (Å²) in [6, 6.07) is 2.19. The first-order valence-corrected chi connectivity index (χ1v) is 9.97. The molecule has 2 amide bonds. The number of rotatable bonds is 6. The molecule has 2 heterocycles. The lowest BCUT2D eigenvalue weighted by atomic mass is 10.0. The van der Waals surface area contributed by atoms with E-state index in [0.717, 1.165) is 36.9 Å². The number of nitrogens with one attached hydrogen (secondary N) is 1. The van der Waals surface area contributed by atoms with Crippen LogP contribution in [0.5, 0.6) is 5.88 Å². The molecule has 0 bridgehead atoms. The smallest absolute Gasteiger partial charge is 0.256 e. The molecular formula is C21H27N3O3. The first kappa shape index (κ1) is 18.0. The summed E-state index contributed by atoms with van der Waals surface area (Å²) in [5.74, 6) is 0.922. The number of aromatic nitrogens is 1. The molecule has 1 aromatic heterocycles. The van der Waals surface area contributed by atoms with Crippen LogP contribution in [0, 0.1) is 5.92 Å². The van der Waals surface area contributed by atoms with E-state index in [1.54, 1.807) is 7.11 Å². The van der Waals surface area contributed by atoms with Gasteiger partial charge in [-0.25, -0.2) is 4.98 Å². The van der Waals surface area contributed by atoms with Gasteiger partial charge in [-0.2, -0.15) is 0 Å². The summed E-state index contributed by atoms with van der Waals surface area (Å²) in [4.78, 5) is 31.6. The van der Waals surface area contributed by atoms with E-state index in [4.69, 9.17) is 4.74 Å². The summed E-state index contributed by atoms with van der Waals surface area (Å²) in [7, 11) is 1.58. The van der Waals surface area contributed by atoms with E-state index in [1.807, 2.05) is 11.0 Å². The molecule has 1 atom stereocenters. The molecule has 2 aliphatic carbocycles. The quantitative estimate of drug-likeness (QED) is 0.783. The molecule has 1 saturated carbocycles. The Balaban J connectivity index is 1.45. The lowest BCUT2D eigenvalue weighted by molar-refractivity contribution is -0.121. The minimum atomic E-state index is 0.0213. The fraction of sp³-hybridized carbons (Fsp3) is 0.571. The minimum absolute atomic E-state index is 0.0213. The summed E-state index contributed by atoms with van der Waals surface area (Å²) in [6.45, 7) is 0.894. The summed E-state index contributed by atoms with van der Waals surface area (Å²) in [5, 5.41) is 2.96. The highest BCUT2D eigenvalue weighted by atomic mass is 16.5. The van der Waals surface area contributed by atoms with Crippen molar-refractivity contribution in [1.82, 2.24) is 15.2 Å². The van der Waals surface area contributed by atoms with Gasteiger partial charge in [-0.3, -0.25) is 9.59 Å². The summed E-state index contributed by atoms with van der Waals surface area (Å²) in [6.07, 6.45) is 11.4. The lowest BCUT2D eigenvalue weighted by Gasteiger charge is -2.22. The summed E-state index contributed by atoms with van der Waals surface area (Å²) < 4.78 is 5.43. The van der Waals surface area contributed by atoms with Crippen LogP contribution in [0.2, 0.25) is 0 Å². The summed E-state index contributed by atoms with van der Waals surface area (Å²) in [5.41, 5.74) is 2.20. The van der Waals surface area contributed by atoms with Crippen LogP contribution in [0.4, 0.5) is 0 Å². The van der Waals surface area contributed by atoms with Crippen LogP contribution in [0.25, 0.3) is 0 Å². The van der Waals surface area contributed by atoms with Crippen molar-refractivity contribution >= 4 is 11.8 Å². The standard InChI is InChI=1S/C21H27N3O3/c1-27-20-15(12-22-19(25)10-14-6-2-3-7-14)11-17-18(23-20)13-24(21(17)26)16-8-4-5-9-16/h2,6,11,14,16H,3-5,7-10,12-13H2,1H3,(H,22,25)/t14-/m1/s1.